The second kappa shape index (κ2) is 5.30. The predicted molar refractivity (Wildman–Crippen MR) is 86.4 cm³/mol. The van der Waals surface area contributed by atoms with Crippen LogP contribution in [0.25, 0.3) is 21.8 Å². The Kier molecular flexibility index (Phi) is 3.45. The zero-order chi connectivity index (χ0) is 15.9. The Balaban J connectivity index is 2.33. The van der Waals surface area contributed by atoms with Gasteiger partial charge in [0, 0.05) is 21.9 Å². The van der Waals surface area contributed by atoms with Gasteiger partial charge in [-0.05, 0) is 39.0 Å². The molecule has 1 heterocycles. The zero-order valence-electron chi connectivity index (χ0n) is 12.8. The van der Waals surface area contributed by atoms with Crippen LogP contribution in [0.15, 0.2) is 36.4 Å². The number of Topliss-reactive ketones (excluding diaryl/α,β-unsaturated/α-hetero) is 1. The Morgan fingerprint density at radius 1 is 1.09 bits per heavy atom. The van der Waals surface area contributed by atoms with E-state index in [1.807, 2.05) is 30.3 Å². The molecule has 0 saturated carbocycles. The number of hydrogen-bond acceptors (Lipinski definition) is 3. The number of ether oxygens (including phenoxy) is 1. The Morgan fingerprint density at radius 3 is 2.50 bits per heavy atom. The zero-order valence-corrected chi connectivity index (χ0v) is 12.8. The highest BCUT2D eigenvalue weighted by Crippen LogP contribution is 2.29. The molecule has 3 aromatic rings. The molecule has 3 rings (SSSR count). The molecule has 1 aromatic heterocycles. The number of ketones is 1. The molecule has 112 valence electrons. The van der Waals surface area contributed by atoms with Crippen LogP contribution in [-0.2, 0) is 4.74 Å². The van der Waals surface area contributed by atoms with Crippen LogP contribution >= 0.6 is 0 Å². The predicted octanol–water partition coefficient (Wildman–Crippen LogP) is 4.09. The van der Waals surface area contributed by atoms with Crippen LogP contribution in [-0.4, -0.2) is 22.8 Å². The maximum absolute atomic E-state index is 12.4. The second-order valence-corrected chi connectivity index (χ2v) is 5.63. The summed E-state index contributed by atoms with van der Waals surface area (Å²) < 4.78 is 5.30. The number of aromatic nitrogens is 1. The van der Waals surface area contributed by atoms with Crippen LogP contribution in [0.1, 0.15) is 41.5 Å². The third-order valence-corrected chi connectivity index (χ3v) is 3.58. The SMILES string of the molecule is CC(=O)c1cc(C(=O)OC(C)C)c2[nH]c3ccccc3c2c1. The number of esters is 1. The Labute approximate surface area is 128 Å². The number of H-pyrrole nitrogens is 1. The molecule has 4 heteroatoms. The van der Waals surface area contributed by atoms with Gasteiger partial charge in [0.05, 0.1) is 17.2 Å². The number of para-hydroxylation sites is 1. The van der Waals surface area contributed by atoms with Gasteiger partial charge in [0.2, 0.25) is 0 Å². The van der Waals surface area contributed by atoms with Gasteiger partial charge in [0.1, 0.15) is 0 Å². The summed E-state index contributed by atoms with van der Waals surface area (Å²) in [5.74, 6) is -0.500. The summed E-state index contributed by atoms with van der Waals surface area (Å²) in [6.07, 6.45) is -0.215. The van der Waals surface area contributed by atoms with Crippen LogP contribution in [0.4, 0.5) is 0 Å². The van der Waals surface area contributed by atoms with Gasteiger partial charge >= 0.3 is 5.97 Å². The van der Waals surface area contributed by atoms with E-state index in [-0.39, 0.29) is 11.9 Å². The molecule has 0 atom stereocenters. The monoisotopic (exact) mass is 295 g/mol. The first-order chi connectivity index (χ1) is 10.5. The fourth-order valence-electron chi connectivity index (χ4n) is 2.59. The molecule has 0 amide bonds. The first kappa shape index (κ1) is 14.3. The van der Waals surface area contributed by atoms with Crippen molar-refractivity contribution in [2.45, 2.75) is 26.9 Å². The molecule has 0 fully saturated rings. The quantitative estimate of drug-likeness (QED) is 0.585. The van der Waals surface area contributed by atoms with Gasteiger partial charge in [0.15, 0.2) is 5.78 Å². The van der Waals surface area contributed by atoms with Crippen molar-refractivity contribution < 1.29 is 14.3 Å². The van der Waals surface area contributed by atoms with Crippen molar-refractivity contribution in [2.24, 2.45) is 0 Å². The minimum absolute atomic E-state index is 0.0780. The number of rotatable bonds is 3. The van der Waals surface area contributed by atoms with Gasteiger partial charge in [-0.3, -0.25) is 4.79 Å². The molecule has 4 nitrogen and oxygen atoms in total. The summed E-state index contributed by atoms with van der Waals surface area (Å²) in [5.41, 5.74) is 2.54. The molecule has 2 aromatic carbocycles. The number of carbonyl (C=O) groups is 2. The van der Waals surface area contributed by atoms with Crippen molar-refractivity contribution in [1.82, 2.24) is 4.98 Å². The maximum atomic E-state index is 12.4. The summed E-state index contributed by atoms with van der Waals surface area (Å²) in [6.45, 7) is 5.10. The van der Waals surface area contributed by atoms with Crippen molar-refractivity contribution in [3.8, 4) is 0 Å². The molecule has 0 spiro atoms. The second-order valence-electron chi connectivity index (χ2n) is 5.63. The summed E-state index contributed by atoms with van der Waals surface area (Å²) in [4.78, 5) is 27.4. The number of benzene rings is 2. The van der Waals surface area contributed by atoms with Crippen LogP contribution < -0.4 is 0 Å². The highest BCUT2D eigenvalue weighted by atomic mass is 16.5. The third kappa shape index (κ3) is 2.37. The van der Waals surface area contributed by atoms with E-state index in [1.54, 1.807) is 19.9 Å². The minimum Gasteiger partial charge on any atom is -0.459 e. The van der Waals surface area contributed by atoms with Crippen LogP contribution in [0.3, 0.4) is 0 Å². The molecule has 0 saturated heterocycles. The molecule has 1 N–H and O–H groups in total. The van der Waals surface area contributed by atoms with E-state index < -0.39 is 5.97 Å². The molecule has 0 unspecified atom stereocenters. The summed E-state index contributed by atoms with van der Waals surface area (Å²) in [6, 6.07) is 11.2. The summed E-state index contributed by atoms with van der Waals surface area (Å²) in [5, 5.41) is 1.85. The highest BCUT2D eigenvalue weighted by Gasteiger charge is 2.18. The smallest absolute Gasteiger partial charge is 0.340 e. The topological polar surface area (TPSA) is 59.2 Å². The molecule has 0 aliphatic rings. The van der Waals surface area contributed by atoms with Crippen molar-refractivity contribution in [3.63, 3.8) is 0 Å². The van der Waals surface area contributed by atoms with Crippen LogP contribution in [0.2, 0.25) is 0 Å². The first-order valence-electron chi connectivity index (χ1n) is 7.23. The minimum atomic E-state index is -0.422. The van der Waals surface area contributed by atoms with Crippen molar-refractivity contribution >= 4 is 33.6 Å². The molecule has 0 radical (unpaired) electrons. The van der Waals surface area contributed by atoms with E-state index in [9.17, 15) is 9.59 Å². The average Bonchev–Trinajstić information content (AvgIpc) is 2.83. The first-order valence-corrected chi connectivity index (χ1v) is 7.23. The Hall–Kier alpha value is -2.62. The number of nitrogens with one attached hydrogen (secondary N) is 1. The normalized spacial score (nSPS) is 11.3. The standard InChI is InChI=1S/C18H17NO3/c1-10(2)22-18(21)15-9-12(11(3)20)8-14-13-6-4-5-7-16(13)19-17(14)15/h4-10,19H,1-3H3. The lowest BCUT2D eigenvalue weighted by Gasteiger charge is -2.09. The van der Waals surface area contributed by atoms with Gasteiger partial charge < -0.3 is 9.72 Å². The van der Waals surface area contributed by atoms with Gasteiger partial charge in [-0.2, -0.15) is 0 Å². The lowest BCUT2D eigenvalue weighted by molar-refractivity contribution is 0.0380. The van der Waals surface area contributed by atoms with E-state index in [0.717, 1.165) is 16.3 Å². The van der Waals surface area contributed by atoms with E-state index in [2.05, 4.69) is 4.98 Å². The van der Waals surface area contributed by atoms with Crippen LogP contribution in [0.5, 0.6) is 0 Å². The summed E-state index contributed by atoms with van der Waals surface area (Å²) >= 11 is 0. The van der Waals surface area contributed by atoms with E-state index in [4.69, 9.17) is 4.74 Å². The fourth-order valence-corrected chi connectivity index (χ4v) is 2.59. The molecule has 22 heavy (non-hydrogen) atoms. The van der Waals surface area contributed by atoms with Gasteiger partial charge in [-0.25, -0.2) is 4.79 Å². The van der Waals surface area contributed by atoms with E-state index >= 15 is 0 Å². The fraction of sp³-hybridized carbons (Fsp3) is 0.222. The van der Waals surface area contributed by atoms with Crippen LogP contribution in [0, 0.1) is 0 Å². The maximum Gasteiger partial charge on any atom is 0.340 e. The van der Waals surface area contributed by atoms with Crippen molar-refractivity contribution in [3.05, 3.63) is 47.5 Å². The molecule has 0 bridgehead atoms. The Bertz CT molecular complexity index is 890. The van der Waals surface area contributed by atoms with Gasteiger partial charge in [-0.1, -0.05) is 18.2 Å². The lowest BCUT2D eigenvalue weighted by atomic mass is 10.0. The lowest BCUT2D eigenvalue weighted by Crippen LogP contribution is -2.12. The Morgan fingerprint density at radius 2 is 1.82 bits per heavy atom. The van der Waals surface area contributed by atoms with Crippen molar-refractivity contribution in [1.29, 1.82) is 0 Å². The van der Waals surface area contributed by atoms with E-state index in [0.29, 0.717) is 16.6 Å². The van der Waals surface area contributed by atoms with Gasteiger partial charge in [0.25, 0.3) is 0 Å². The van der Waals surface area contributed by atoms with E-state index in [1.165, 1.54) is 6.92 Å². The van der Waals surface area contributed by atoms with Gasteiger partial charge in [-0.15, -0.1) is 0 Å². The number of aromatic amines is 1. The molecular weight excluding hydrogens is 278 g/mol. The number of hydrogen-bond donors (Lipinski definition) is 1. The molecule has 0 aliphatic heterocycles. The average molecular weight is 295 g/mol. The van der Waals surface area contributed by atoms with Crippen molar-refractivity contribution in [2.75, 3.05) is 0 Å². The number of fused-ring (bicyclic) bond motifs is 3. The summed E-state index contributed by atoms with van der Waals surface area (Å²) in [7, 11) is 0. The number of carbonyl (C=O) groups excluding carboxylic acids is 2. The third-order valence-electron chi connectivity index (χ3n) is 3.58. The molecular formula is C18H17NO3. The molecule has 0 aliphatic carbocycles. The highest BCUT2D eigenvalue weighted by molar-refractivity contribution is 6.16. The largest absolute Gasteiger partial charge is 0.459 e.